The first-order valence-corrected chi connectivity index (χ1v) is 23.0. The number of rotatable bonds is 7. The molecule has 9 aromatic carbocycles. The highest BCUT2D eigenvalue weighted by atomic mass is 28.3. The fraction of sp³-hybridized carbons (Fsp3) is 0.0370. The summed E-state index contributed by atoms with van der Waals surface area (Å²) in [6.45, 7) is 5.04. The first-order chi connectivity index (χ1) is 28.5. The first-order valence-electron chi connectivity index (χ1n) is 20.0. The molecule has 1 aliphatic rings. The van der Waals surface area contributed by atoms with Gasteiger partial charge in [0.1, 0.15) is 13.7 Å². The van der Waals surface area contributed by atoms with E-state index in [1.165, 1.54) is 43.4 Å². The molecule has 1 aliphatic heterocycles. The summed E-state index contributed by atoms with van der Waals surface area (Å²) in [6, 6.07) is 74.6. The van der Waals surface area contributed by atoms with Gasteiger partial charge in [0.15, 0.2) is 5.58 Å². The van der Waals surface area contributed by atoms with Crippen LogP contribution in [0.25, 0.3) is 55.0 Å². The van der Waals surface area contributed by atoms with Crippen molar-refractivity contribution in [2.24, 2.45) is 0 Å². The third kappa shape index (κ3) is 5.41. The minimum absolute atomic E-state index is 0.890. The molecule has 0 saturated carbocycles. The highest BCUT2D eigenvalue weighted by molar-refractivity contribution is 7.03. The van der Waals surface area contributed by atoms with E-state index < -0.39 is 8.07 Å². The van der Waals surface area contributed by atoms with E-state index in [1.54, 1.807) is 0 Å². The highest BCUT2D eigenvalue weighted by Gasteiger charge is 2.36. The molecule has 3 nitrogen and oxygen atoms in total. The smallest absolute Gasteiger partial charge is 0.159 e. The number of furan rings is 1. The van der Waals surface area contributed by atoms with Gasteiger partial charge in [0.05, 0.1) is 11.4 Å². The summed E-state index contributed by atoms with van der Waals surface area (Å²) in [5.74, 6) is 0. The topological polar surface area (TPSA) is 19.6 Å². The van der Waals surface area contributed by atoms with E-state index >= 15 is 0 Å². The molecule has 0 N–H and O–H groups in total. The zero-order chi connectivity index (χ0) is 38.8. The quantitative estimate of drug-likeness (QED) is 0.151. The van der Waals surface area contributed by atoms with Gasteiger partial charge in [-0.3, -0.25) is 0 Å². The largest absolute Gasteiger partial charge is 0.454 e. The number of hydrogen-bond acceptors (Lipinski definition) is 3. The van der Waals surface area contributed by atoms with Crippen molar-refractivity contribution in [3.05, 3.63) is 206 Å². The summed E-state index contributed by atoms with van der Waals surface area (Å²) in [6.07, 6.45) is 0. The van der Waals surface area contributed by atoms with Crippen LogP contribution in [-0.4, -0.2) is 8.07 Å². The van der Waals surface area contributed by atoms with E-state index in [4.69, 9.17) is 4.42 Å². The average Bonchev–Trinajstić information content (AvgIpc) is 3.67. The molecule has 0 amide bonds. The Balaban J connectivity index is 1.03. The van der Waals surface area contributed by atoms with Crippen molar-refractivity contribution < 1.29 is 4.42 Å². The molecule has 0 aliphatic carbocycles. The molecule has 0 unspecified atom stereocenters. The van der Waals surface area contributed by atoms with Gasteiger partial charge >= 0.3 is 0 Å². The minimum Gasteiger partial charge on any atom is -0.454 e. The van der Waals surface area contributed by atoms with E-state index in [9.17, 15) is 0 Å². The van der Waals surface area contributed by atoms with Crippen molar-refractivity contribution >= 4 is 85.3 Å². The van der Waals surface area contributed by atoms with Crippen LogP contribution >= 0.6 is 0 Å². The molecule has 0 spiro atoms. The van der Waals surface area contributed by atoms with E-state index in [0.717, 1.165) is 56.1 Å². The summed E-state index contributed by atoms with van der Waals surface area (Å²) in [7, 11) is -2.17. The van der Waals surface area contributed by atoms with Crippen molar-refractivity contribution in [3.63, 3.8) is 0 Å². The molecular weight excluding hydrogens is 721 g/mol. The summed E-state index contributed by atoms with van der Waals surface area (Å²) >= 11 is 0. The Morgan fingerprint density at radius 2 is 0.931 bits per heavy atom. The van der Waals surface area contributed by atoms with Gasteiger partial charge in [0.2, 0.25) is 0 Å². The number of fused-ring (bicyclic) bond motifs is 5. The lowest BCUT2D eigenvalue weighted by Crippen LogP contribution is -2.55. The van der Waals surface area contributed by atoms with Crippen LogP contribution < -0.4 is 20.2 Å². The molecule has 0 fully saturated rings. The average molecular weight is 761 g/mol. The van der Waals surface area contributed by atoms with E-state index in [0.29, 0.717) is 0 Å². The molecule has 4 heteroatoms. The summed E-state index contributed by atoms with van der Waals surface area (Å²) in [4.78, 5) is 4.70. The van der Waals surface area contributed by atoms with E-state index in [2.05, 4.69) is 223 Å². The van der Waals surface area contributed by atoms with Crippen molar-refractivity contribution in [3.8, 4) is 22.3 Å². The number of benzene rings is 9. The van der Waals surface area contributed by atoms with Gasteiger partial charge in [0, 0.05) is 38.9 Å². The summed E-state index contributed by atoms with van der Waals surface area (Å²) < 4.78 is 6.65. The lowest BCUT2D eigenvalue weighted by Gasteiger charge is -2.35. The van der Waals surface area contributed by atoms with E-state index in [1.807, 2.05) is 6.07 Å². The molecule has 1 aromatic heterocycles. The Morgan fingerprint density at radius 1 is 0.379 bits per heavy atom. The Labute approximate surface area is 339 Å². The summed E-state index contributed by atoms with van der Waals surface area (Å²) in [5, 5.41) is 7.81. The van der Waals surface area contributed by atoms with E-state index in [-0.39, 0.29) is 0 Å². The van der Waals surface area contributed by atoms with Crippen LogP contribution in [0.5, 0.6) is 0 Å². The third-order valence-electron chi connectivity index (χ3n) is 12.0. The molecular formula is C54H40N2OSi. The third-order valence-corrected chi connectivity index (χ3v) is 15.6. The maximum atomic E-state index is 6.65. The predicted molar refractivity (Wildman–Crippen MR) is 248 cm³/mol. The van der Waals surface area contributed by atoms with Crippen LogP contribution in [-0.2, 0) is 0 Å². The minimum atomic E-state index is -2.17. The second-order valence-electron chi connectivity index (χ2n) is 15.7. The van der Waals surface area contributed by atoms with Gasteiger partial charge in [-0.25, -0.2) is 0 Å². The molecule has 276 valence electrons. The van der Waals surface area contributed by atoms with Crippen LogP contribution in [0, 0.1) is 0 Å². The standard InChI is InChI=1S/C54H40N2OSi/c1-58(2)51-27-15-24-47-48(56(41-20-10-5-11-21-41)49-25-14-23-46-43-22-12-13-26-50(43)57-54(46)49)35-34-45(53(47)51)44-33-30-38(36-52(44)58)37-28-31-42(32-29-37)55(39-16-6-3-7-17-39)40-18-8-4-9-19-40/h3-36H,1-2H3. The number of para-hydroxylation sites is 5. The Kier molecular flexibility index (Phi) is 7.95. The van der Waals surface area contributed by atoms with Crippen LogP contribution in [0.4, 0.5) is 34.1 Å². The zero-order valence-corrected chi connectivity index (χ0v) is 33.4. The molecule has 0 bridgehead atoms. The van der Waals surface area contributed by atoms with Crippen molar-refractivity contribution in [2.45, 2.75) is 13.1 Å². The maximum Gasteiger partial charge on any atom is 0.159 e. The lowest BCUT2D eigenvalue weighted by molar-refractivity contribution is 0.669. The normalized spacial score (nSPS) is 12.8. The van der Waals surface area contributed by atoms with Crippen molar-refractivity contribution in [1.82, 2.24) is 0 Å². The van der Waals surface area contributed by atoms with Gasteiger partial charge in [-0.05, 0) is 105 Å². The molecule has 2 heterocycles. The van der Waals surface area contributed by atoms with Gasteiger partial charge in [-0.15, -0.1) is 0 Å². The molecule has 11 rings (SSSR count). The number of hydrogen-bond donors (Lipinski definition) is 0. The maximum absolute atomic E-state index is 6.65. The lowest BCUT2D eigenvalue weighted by atomic mass is 9.93. The molecule has 0 atom stereocenters. The number of anilines is 6. The Bertz CT molecular complexity index is 3100. The second-order valence-corrected chi connectivity index (χ2v) is 20.0. The zero-order valence-electron chi connectivity index (χ0n) is 32.4. The van der Waals surface area contributed by atoms with Crippen molar-refractivity contribution in [2.75, 3.05) is 9.80 Å². The SMILES string of the molecule is C[Si]1(C)c2cc(-c3ccc(N(c4ccccc4)c4ccccc4)cc3)ccc2-c2ccc(N(c3ccccc3)c3cccc4c3oc3ccccc34)c3cccc1c23. The fourth-order valence-corrected chi connectivity index (χ4v) is 12.4. The molecule has 0 saturated heterocycles. The van der Waals surface area contributed by atoms with Crippen LogP contribution in [0.3, 0.4) is 0 Å². The molecule has 58 heavy (non-hydrogen) atoms. The number of nitrogens with zero attached hydrogens (tertiary/aromatic N) is 2. The van der Waals surface area contributed by atoms with Crippen LogP contribution in [0.2, 0.25) is 13.1 Å². The van der Waals surface area contributed by atoms with Gasteiger partial charge < -0.3 is 14.2 Å². The van der Waals surface area contributed by atoms with Crippen LogP contribution in [0.1, 0.15) is 0 Å². The van der Waals surface area contributed by atoms with Crippen molar-refractivity contribution in [1.29, 1.82) is 0 Å². The van der Waals surface area contributed by atoms with Crippen LogP contribution in [0.15, 0.2) is 211 Å². The monoisotopic (exact) mass is 760 g/mol. The predicted octanol–water partition coefficient (Wildman–Crippen LogP) is 14.1. The first kappa shape index (κ1) is 34.1. The second kappa shape index (κ2) is 13.5. The van der Waals surface area contributed by atoms with Gasteiger partial charge in [-0.2, -0.15) is 0 Å². The Morgan fingerprint density at radius 3 is 1.64 bits per heavy atom. The van der Waals surface area contributed by atoms with Gasteiger partial charge in [-0.1, -0.05) is 153 Å². The molecule has 10 aromatic rings. The molecule has 0 radical (unpaired) electrons. The van der Waals surface area contributed by atoms with Gasteiger partial charge in [0.25, 0.3) is 0 Å². The fourth-order valence-electron chi connectivity index (χ4n) is 9.25. The highest BCUT2D eigenvalue weighted by Crippen LogP contribution is 2.47. The summed E-state index contributed by atoms with van der Waals surface area (Å²) in [5.41, 5.74) is 13.6. The Hall–Kier alpha value is -7.14.